The zero-order valence-electron chi connectivity index (χ0n) is 9.27. The molecular formula is C12H12ClNOS2. The fraction of sp³-hybridized carbons (Fsp3) is 0.250. The van der Waals surface area contributed by atoms with E-state index < -0.39 is 0 Å². The first-order valence-corrected chi connectivity index (χ1v) is 7.29. The Morgan fingerprint density at radius 1 is 1.47 bits per heavy atom. The summed E-state index contributed by atoms with van der Waals surface area (Å²) in [5, 5.41) is 4.94. The summed E-state index contributed by atoms with van der Waals surface area (Å²) < 4.78 is 0.749. The average molecular weight is 286 g/mol. The van der Waals surface area contributed by atoms with E-state index in [4.69, 9.17) is 11.6 Å². The number of carbonyl (C=O) groups excluding carboxylic acids is 1. The van der Waals surface area contributed by atoms with Gasteiger partial charge in [-0.1, -0.05) is 17.7 Å². The van der Waals surface area contributed by atoms with Crippen LogP contribution in [0.15, 0.2) is 29.6 Å². The van der Waals surface area contributed by atoms with Gasteiger partial charge in [-0.3, -0.25) is 4.79 Å². The van der Waals surface area contributed by atoms with Crippen LogP contribution in [0.1, 0.15) is 22.7 Å². The largest absolute Gasteiger partial charge is 0.348 e. The Morgan fingerprint density at radius 2 is 2.29 bits per heavy atom. The molecule has 17 heavy (non-hydrogen) atoms. The van der Waals surface area contributed by atoms with Gasteiger partial charge in [0.25, 0.3) is 0 Å². The van der Waals surface area contributed by atoms with Crippen molar-refractivity contribution in [1.29, 1.82) is 0 Å². The summed E-state index contributed by atoms with van der Waals surface area (Å²) in [6.07, 6.45) is 0.446. The van der Waals surface area contributed by atoms with Crippen LogP contribution in [-0.4, -0.2) is 5.91 Å². The van der Waals surface area contributed by atoms with Crippen LogP contribution in [-0.2, 0) is 11.2 Å². The molecule has 0 saturated carbocycles. The molecule has 0 radical (unpaired) electrons. The molecule has 90 valence electrons. The van der Waals surface area contributed by atoms with Crippen molar-refractivity contribution in [3.63, 3.8) is 0 Å². The van der Waals surface area contributed by atoms with E-state index in [1.54, 1.807) is 11.3 Å². The lowest BCUT2D eigenvalue weighted by Crippen LogP contribution is -2.27. The number of rotatable bonds is 4. The van der Waals surface area contributed by atoms with E-state index in [2.05, 4.69) is 5.32 Å². The second-order valence-electron chi connectivity index (χ2n) is 3.69. The van der Waals surface area contributed by atoms with Gasteiger partial charge in [-0.05, 0) is 30.5 Å². The third kappa shape index (κ3) is 3.56. The topological polar surface area (TPSA) is 29.1 Å². The number of nitrogens with one attached hydrogen (secondary N) is 1. The number of carbonyl (C=O) groups is 1. The van der Waals surface area contributed by atoms with Gasteiger partial charge in [-0.25, -0.2) is 0 Å². The fourth-order valence-electron chi connectivity index (χ4n) is 1.50. The highest BCUT2D eigenvalue weighted by molar-refractivity contribution is 7.16. The molecule has 0 aliphatic carbocycles. The van der Waals surface area contributed by atoms with Crippen LogP contribution >= 0.6 is 34.3 Å². The van der Waals surface area contributed by atoms with E-state index in [9.17, 15) is 4.79 Å². The zero-order valence-corrected chi connectivity index (χ0v) is 11.7. The molecule has 2 aromatic heterocycles. The Bertz CT molecular complexity index is 492. The second-order valence-corrected chi connectivity index (χ2v) is 6.47. The van der Waals surface area contributed by atoms with Gasteiger partial charge in [0.2, 0.25) is 5.91 Å². The molecule has 2 aromatic rings. The van der Waals surface area contributed by atoms with E-state index in [1.807, 2.05) is 36.6 Å². The van der Waals surface area contributed by atoms with Crippen LogP contribution in [0.2, 0.25) is 4.34 Å². The molecule has 0 aliphatic rings. The van der Waals surface area contributed by atoms with Gasteiger partial charge >= 0.3 is 0 Å². The standard InChI is InChI=1S/C12H12ClNOS2/c1-8(10-4-5-11(13)17-10)14-12(15)7-9-3-2-6-16-9/h2-6,8H,7H2,1H3,(H,14,15)/t8-/m1/s1. The highest BCUT2D eigenvalue weighted by atomic mass is 35.5. The van der Waals surface area contributed by atoms with E-state index >= 15 is 0 Å². The first kappa shape index (κ1) is 12.6. The number of halogens is 1. The number of hydrogen-bond acceptors (Lipinski definition) is 3. The Balaban J connectivity index is 1.90. The van der Waals surface area contributed by atoms with Gasteiger partial charge < -0.3 is 5.32 Å². The lowest BCUT2D eigenvalue weighted by Gasteiger charge is -2.11. The van der Waals surface area contributed by atoms with Crippen molar-refractivity contribution in [1.82, 2.24) is 5.32 Å². The molecule has 1 N–H and O–H groups in total. The zero-order chi connectivity index (χ0) is 12.3. The second kappa shape index (κ2) is 5.67. The average Bonchev–Trinajstić information content (AvgIpc) is 2.89. The van der Waals surface area contributed by atoms with Crippen LogP contribution in [0.4, 0.5) is 0 Å². The Kier molecular flexibility index (Phi) is 4.20. The third-order valence-electron chi connectivity index (χ3n) is 2.31. The Hall–Kier alpha value is -0.840. The molecule has 0 unspecified atom stereocenters. The minimum absolute atomic E-state index is 0.0139. The van der Waals surface area contributed by atoms with Crippen molar-refractivity contribution >= 4 is 40.2 Å². The van der Waals surface area contributed by atoms with Gasteiger partial charge in [-0.2, -0.15) is 0 Å². The summed E-state index contributed by atoms with van der Waals surface area (Å²) in [5.74, 6) is 0.0458. The Labute approximate surface area is 113 Å². The highest BCUT2D eigenvalue weighted by Gasteiger charge is 2.12. The van der Waals surface area contributed by atoms with E-state index in [0.717, 1.165) is 14.1 Å². The highest BCUT2D eigenvalue weighted by Crippen LogP contribution is 2.26. The van der Waals surface area contributed by atoms with E-state index in [-0.39, 0.29) is 11.9 Å². The van der Waals surface area contributed by atoms with Crippen LogP contribution in [0, 0.1) is 0 Å². The summed E-state index contributed by atoms with van der Waals surface area (Å²) >= 11 is 8.96. The van der Waals surface area contributed by atoms with Crippen molar-refractivity contribution in [3.8, 4) is 0 Å². The number of hydrogen-bond donors (Lipinski definition) is 1. The first-order valence-electron chi connectivity index (χ1n) is 5.22. The van der Waals surface area contributed by atoms with Crippen LogP contribution in [0.5, 0.6) is 0 Å². The molecule has 1 atom stereocenters. The van der Waals surface area contributed by atoms with Crippen LogP contribution in [0.3, 0.4) is 0 Å². The molecular weight excluding hydrogens is 274 g/mol. The molecule has 0 aromatic carbocycles. The van der Waals surface area contributed by atoms with Crippen molar-refractivity contribution in [3.05, 3.63) is 43.7 Å². The lowest BCUT2D eigenvalue weighted by molar-refractivity contribution is -0.121. The molecule has 2 rings (SSSR count). The van der Waals surface area contributed by atoms with Gasteiger partial charge in [0.1, 0.15) is 0 Å². The van der Waals surface area contributed by atoms with Gasteiger partial charge in [0, 0.05) is 9.75 Å². The molecule has 0 spiro atoms. The minimum atomic E-state index is 0.0139. The molecule has 0 aliphatic heterocycles. The van der Waals surface area contributed by atoms with Gasteiger partial charge in [0.05, 0.1) is 16.8 Å². The molecule has 0 bridgehead atoms. The predicted molar refractivity (Wildman–Crippen MR) is 73.9 cm³/mol. The Morgan fingerprint density at radius 3 is 2.88 bits per heavy atom. The molecule has 0 fully saturated rings. The summed E-state index contributed by atoms with van der Waals surface area (Å²) in [7, 11) is 0. The predicted octanol–water partition coefficient (Wildman–Crippen LogP) is 3.88. The fourth-order valence-corrected chi connectivity index (χ4v) is 3.26. The quantitative estimate of drug-likeness (QED) is 0.907. The number of thiophene rings is 2. The molecule has 1 amide bonds. The van der Waals surface area contributed by atoms with Crippen molar-refractivity contribution in [2.75, 3.05) is 0 Å². The maximum Gasteiger partial charge on any atom is 0.225 e. The van der Waals surface area contributed by atoms with Crippen molar-refractivity contribution in [2.45, 2.75) is 19.4 Å². The summed E-state index contributed by atoms with van der Waals surface area (Å²) in [4.78, 5) is 13.9. The number of amides is 1. The van der Waals surface area contributed by atoms with Gasteiger partial charge in [-0.15, -0.1) is 22.7 Å². The first-order chi connectivity index (χ1) is 8.15. The van der Waals surface area contributed by atoms with E-state index in [0.29, 0.717) is 6.42 Å². The molecule has 2 heterocycles. The maximum atomic E-state index is 11.8. The SMILES string of the molecule is C[C@@H](NC(=O)Cc1cccs1)c1ccc(Cl)s1. The van der Waals surface area contributed by atoms with Gasteiger partial charge in [0.15, 0.2) is 0 Å². The monoisotopic (exact) mass is 285 g/mol. The third-order valence-corrected chi connectivity index (χ3v) is 4.60. The summed E-state index contributed by atoms with van der Waals surface area (Å²) in [6, 6.07) is 7.74. The normalized spacial score (nSPS) is 12.4. The van der Waals surface area contributed by atoms with Crippen LogP contribution < -0.4 is 5.32 Å². The molecule has 5 heteroatoms. The van der Waals surface area contributed by atoms with E-state index in [1.165, 1.54) is 11.3 Å². The minimum Gasteiger partial charge on any atom is -0.348 e. The van der Waals surface area contributed by atoms with Crippen molar-refractivity contribution < 1.29 is 4.79 Å². The maximum absolute atomic E-state index is 11.8. The van der Waals surface area contributed by atoms with Crippen molar-refractivity contribution in [2.24, 2.45) is 0 Å². The lowest BCUT2D eigenvalue weighted by atomic mass is 10.2. The summed E-state index contributed by atoms with van der Waals surface area (Å²) in [6.45, 7) is 1.97. The molecule has 2 nitrogen and oxygen atoms in total. The smallest absolute Gasteiger partial charge is 0.225 e. The summed E-state index contributed by atoms with van der Waals surface area (Å²) in [5.41, 5.74) is 0. The molecule has 0 saturated heterocycles. The van der Waals surface area contributed by atoms with Crippen LogP contribution in [0.25, 0.3) is 0 Å².